The Labute approximate surface area is 366 Å². The standard InChI is InChI=1S/C58H34N4S/c1-2-16-37-36(15-1)38-17-3-5-19-40(38)46-32-49(57-58-56(59-34-60-57)45-24-10-14-28-55(45)63-58)54(33-47(46)41-20-6-4-18-39(37)41)62-52-27-13-9-23-44(52)48-31-35(29-30-53(48)62)61-50-25-11-7-21-42(50)43-22-8-12-26-51(43)61/h1-34H. The summed E-state index contributed by atoms with van der Waals surface area (Å²) in [5.74, 6) is 0. The maximum Gasteiger partial charge on any atom is 0.116 e. The van der Waals surface area contributed by atoms with Gasteiger partial charge in [0, 0.05) is 42.9 Å². The van der Waals surface area contributed by atoms with E-state index in [1.807, 2.05) is 0 Å². The van der Waals surface area contributed by atoms with E-state index >= 15 is 0 Å². The average Bonchev–Trinajstić information content (AvgIpc) is 4.01. The van der Waals surface area contributed by atoms with Gasteiger partial charge in [0.05, 0.1) is 43.7 Å². The molecule has 0 amide bonds. The van der Waals surface area contributed by atoms with Gasteiger partial charge in [-0.25, -0.2) is 9.97 Å². The number of rotatable bonds is 3. The maximum atomic E-state index is 5.22. The average molecular weight is 819 g/mol. The van der Waals surface area contributed by atoms with Gasteiger partial charge in [-0.3, -0.25) is 0 Å². The lowest BCUT2D eigenvalue weighted by Crippen LogP contribution is -2.03. The Morgan fingerprint density at radius 1 is 0.333 bits per heavy atom. The van der Waals surface area contributed by atoms with Crippen LogP contribution < -0.4 is 0 Å². The molecule has 0 spiro atoms. The van der Waals surface area contributed by atoms with Crippen molar-refractivity contribution in [2.24, 2.45) is 0 Å². The van der Waals surface area contributed by atoms with Crippen LogP contribution in [-0.2, 0) is 0 Å². The Morgan fingerprint density at radius 2 is 0.794 bits per heavy atom. The first-order valence-corrected chi connectivity index (χ1v) is 22.2. The SMILES string of the molecule is c1ccc2c(c1)-c1ccccc1-c1cc(-c3ncnc4c3sc3ccccc34)c(-n3c4ccccc4c4cc(-n5c6ccccc6c6ccccc65)ccc43)cc1-c1ccccc1-2. The topological polar surface area (TPSA) is 35.6 Å². The molecule has 0 saturated heterocycles. The van der Waals surface area contributed by atoms with Gasteiger partial charge in [-0.1, -0.05) is 146 Å². The zero-order valence-electron chi connectivity index (χ0n) is 33.8. The molecule has 4 aromatic heterocycles. The number of hydrogen-bond acceptors (Lipinski definition) is 3. The van der Waals surface area contributed by atoms with Crippen LogP contribution in [-0.4, -0.2) is 19.1 Å². The van der Waals surface area contributed by atoms with Gasteiger partial charge in [-0.05, 0) is 99.1 Å². The minimum Gasteiger partial charge on any atom is -0.309 e. The van der Waals surface area contributed by atoms with Crippen LogP contribution in [0.15, 0.2) is 207 Å². The molecule has 0 N–H and O–H groups in total. The summed E-state index contributed by atoms with van der Waals surface area (Å²) in [6, 6.07) is 73.5. The Bertz CT molecular complexity index is 4000. The molecule has 0 fully saturated rings. The van der Waals surface area contributed by atoms with Gasteiger partial charge < -0.3 is 9.13 Å². The van der Waals surface area contributed by atoms with Crippen molar-refractivity contribution in [3.8, 4) is 67.1 Å². The lowest BCUT2D eigenvalue weighted by Gasteiger charge is -2.25. The van der Waals surface area contributed by atoms with Crippen molar-refractivity contribution in [2.75, 3.05) is 0 Å². The molecule has 0 radical (unpaired) electrons. The van der Waals surface area contributed by atoms with E-state index in [2.05, 4.69) is 209 Å². The summed E-state index contributed by atoms with van der Waals surface area (Å²) in [6.07, 6.45) is 1.75. The van der Waals surface area contributed by atoms with E-state index in [-0.39, 0.29) is 0 Å². The van der Waals surface area contributed by atoms with Crippen molar-refractivity contribution in [1.82, 2.24) is 19.1 Å². The minimum absolute atomic E-state index is 0.931. The zero-order chi connectivity index (χ0) is 41.2. The van der Waals surface area contributed by atoms with Crippen LogP contribution in [0.25, 0.3) is 131 Å². The second-order valence-electron chi connectivity index (χ2n) is 16.5. The normalized spacial score (nSPS) is 12.1. The monoisotopic (exact) mass is 818 g/mol. The third-order valence-electron chi connectivity index (χ3n) is 13.2. The van der Waals surface area contributed by atoms with E-state index in [1.165, 1.54) is 81.8 Å². The number of para-hydroxylation sites is 3. The van der Waals surface area contributed by atoms with Gasteiger partial charge in [0.15, 0.2) is 0 Å². The van der Waals surface area contributed by atoms with Gasteiger partial charge in [-0.15, -0.1) is 11.3 Å². The molecule has 9 aromatic carbocycles. The fraction of sp³-hybridized carbons (Fsp3) is 0. The first-order chi connectivity index (χ1) is 31.3. The Balaban J connectivity index is 1.12. The molecular weight excluding hydrogens is 785 g/mol. The van der Waals surface area contributed by atoms with Crippen LogP contribution in [0.5, 0.6) is 0 Å². The smallest absolute Gasteiger partial charge is 0.116 e. The highest BCUT2D eigenvalue weighted by molar-refractivity contribution is 7.26. The molecule has 0 aliphatic heterocycles. The number of nitrogens with zero attached hydrogens (tertiary/aromatic N) is 4. The van der Waals surface area contributed by atoms with Crippen molar-refractivity contribution in [1.29, 1.82) is 0 Å². The molecular formula is C58H34N4S. The van der Waals surface area contributed by atoms with E-state index in [0.717, 1.165) is 49.3 Å². The molecule has 0 saturated carbocycles. The quantitative estimate of drug-likeness (QED) is 0.178. The largest absolute Gasteiger partial charge is 0.309 e. The molecule has 4 heterocycles. The lowest BCUT2D eigenvalue weighted by molar-refractivity contribution is 1.16. The summed E-state index contributed by atoms with van der Waals surface area (Å²) in [7, 11) is 0. The molecule has 13 aromatic rings. The van der Waals surface area contributed by atoms with E-state index in [1.54, 1.807) is 17.7 Å². The van der Waals surface area contributed by atoms with Gasteiger partial charge in [-0.2, -0.15) is 0 Å². The third-order valence-corrected chi connectivity index (χ3v) is 14.4. The van der Waals surface area contributed by atoms with Crippen LogP contribution in [0, 0.1) is 0 Å². The Hall–Kier alpha value is -8.12. The van der Waals surface area contributed by atoms with Gasteiger partial charge >= 0.3 is 0 Å². The first-order valence-electron chi connectivity index (χ1n) is 21.4. The highest BCUT2D eigenvalue weighted by Gasteiger charge is 2.27. The summed E-state index contributed by atoms with van der Waals surface area (Å²) in [4.78, 5) is 10.1. The highest BCUT2D eigenvalue weighted by atomic mass is 32.1. The van der Waals surface area contributed by atoms with E-state index < -0.39 is 0 Å². The van der Waals surface area contributed by atoms with Crippen LogP contribution in [0.1, 0.15) is 0 Å². The number of hydrogen-bond donors (Lipinski definition) is 0. The second kappa shape index (κ2) is 13.2. The van der Waals surface area contributed by atoms with Crippen LogP contribution in [0.2, 0.25) is 0 Å². The lowest BCUT2D eigenvalue weighted by atomic mass is 9.80. The fourth-order valence-electron chi connectivity index (χ4n) is 10.5. The summed E-state index contributed by atoms with van der Waals surface area (Å²) in [6.45, 7) is 0. The van der Waals surface area contributed by atoms with Gasteiger partial charge in [0.1, 0.15) is 6.33 Å². The number of benzene rings is 9. The molecule has 0 bridgehead atoms. The zero-order valence-corrected chi connectivity index (χ0v) is 34.6. The molecule has 5 heteroatoms. The summed E-state index contributed by atoms with van der Waals surface area (Å²) >= 11 is 1.77. The van der Waals surface area contributed by atoms with E-state index in [4.69, 9.17) is 9.97 Å². The van der Waals surface area contributed by atoms with Crippen molar-refractivity contribution in [3.63, 3.8) is 0 Å². The van der Waals surface area contributed by atoms with Crippen molar-refractivity contribution in [2.45, 2.75) is 0 Å². The minimum atomic E-state index is 0.931. The molecule has 0 unspecified atom stereocenters. The molecule has 1 aliphatic carbocycles. The predicted octanol–water partition coefficient (Wildman–Crippen LogP) is 15.7. The summed E-state index contributed by atoms with van der Waals surface area (Å²) in [5, 5.41) is 6.05. The molecule has 14 rings (SSSR count). The summed E-state index contributed by atoms with van der Waals surface area (Å²) < 4.78 is 7.18. The number of fused-ring (bicyclic) bond motifs is 17. The molecule has 292 valence electrons. The number of aromatic nitrogens is 4. The molecule has 0 atom stereocenters. The van der Waals surface area contributed by atoms with Crippen molar-refractivity contribution in [3.05, 3.63) is 207 Å². The fourth-order valence-corrected chi connectivity index (χ4v) is 11.7. The van der Waals surface area contributed by atoms with E-state index in [0.29, 0.717) is 0 Å². The maximum absolute atomic E-state index is 5.22. The van der Waals surface area contributed by atoms with Crippen LogP contribution >= 0.6 is 11.3 Å². The molecule has 1 aliphatic rings. The van der Waals surface area contributed by atoms with Crippen molar-refractivity contribution < 1.29 is 0 Å². The van der Waals surface area contributed by atoms with Crippen LogP contribution in [0.3, 0.4) is 0 Å². The molecule has 4 nitrogen and oxygen atoms in total. The first kappa shape index (κ1) is 34.6. The highest BCUT2D eigenvalue weighted by Crippen LogP contribution is 2.51. The predicted molar refractivity (Wildman–Crippen MR) is 264 cm³/mol. The van der Waals surface area contributed by atoms with Crippen LogP contribution in [0.4, 0.5) is 0 Å². The summed E-state index contributed by atoms with van der Waals surface area (Å²) in [5.41, 5.74) is 19.5. The molecule has 63 heavy (non-hydrogen) atoms. The van der Waals surface area contributed by atoms with Crippen molar-refractivity contribution >= 4 is 75.3 Å². The Morgan fingerprint density at radius 3 is 1.40 bits per heavy atom. The second-order valence-corrected chi connectivity index (χ2v) is 17.5. The number of thiophene rings is 1. The van der Waals surface area contributed by atoms with Gasteiger partial charge in [0.25, 0.3) is 0 Å². The Kier molecular flexibility index (Phi) is 7.24. The van der Waals surface area contributed by atoms with E-state index in [9.17, 15) is 0 Å². The third kappa shape index (κ3) is 4.91. The van der Waals surface area contributed by atoms with Gasteiger partial charge in [0.2, 0.25) is 0 Å².